The molecule has 0 fully saturated rings. The quantitative estimate of drug-likeness (QED) is 0.488. The zero-order valence-electron chi connectivity index (χ0n) is 11.5. The Hall–Kier alpha value is -1.63. The molecule has 0 saturated carbocycles. The zero-order valence-corrected chi connectivity index (χ0v) is 12.3. The highest BCUT2D eigenvalue weighted by Gasteiger charge is 2.16. The third kappa shape index (κ3) is 3.93. The van der Waals surface area contributed by atoms with Gasteiger partial charge >= 0.3 is 0 Å². The van der Waals surface area contributed by atoms with E-state index in [0.717, 1.165) is 0 Å². The maximum Gasteiger partial charge on any atom is 0.136 e. The Labute approximate surface area is 126 Å². The van der Waals surface area contributed by atoms with E-state index in [1.54, 1.807) is 30.3 Å². The summed E-state index contributed by atoms with van der Waals surface area (Å²) in [6, 6.07) is 10.6. The molecule has 1 unspecified atom stereocenters. The molecule has 2 rings (SSSR count). The third-order valence-corrected chi connectivity index (χ3v) is 4.17. The van der Waals surface area contributed by atoms with Gasteiger partial charge in [-0.3, -0.25) is 11.3 Å². The number of halogens is 2. The van der Waals surface area contributed by atoms with Crippen LogP contribution in [0.4, 0.5) is 8.78 Å². The average Bonchev–Trinajstić information content (AvgIpc) is 2.50. The molecule has 1 atom stereocenters. The Morgan fingerprint density at radius 1 is 1.19 bits per heavy atom. The lowest BCUT2D eigenvalue weighted by molar-refractivity contribution is 0.409. The summed E-state index contributed by atoms with van der Waals surface area (Å²) >= 11 is 1.28. The van der Waals surface area contributed by atoms with E-state index in [0.29, 0.717) is 22.0 Å². The highest BCUT2D eigenvalue weighted by atomic mass is 32.2. The summed E-state index contributed by atoms with van der Waals surface area (Å²) in [5.41, 5.74) is 2.98. The monoisotopic (exact) mass is 310 g/mol. The second-order valence-electron chi connectivity index (χ2n) is 4.35. The number of ether oxygens (including phenoxy) is 1. The topological polar surface area (TPSA) is 47.3 Å². The molecule has 2 aromatic rings. The van der Waals surface area contributed by atoms with Crippen LogP contribution in [0.1, 0.15) is 11.6 Å². The lowest BCUT2D eigenvalue weighted by Gasteiger charge is -2.17. The largest absolute Gasteiger partial charge is 0.497 e. The molecule has 0 radical (unpaired) electrons. The minimum absolute atomic E-state index is 0.298. The van der Waals surface area contributed by atoms with E-state index >= 15 is 0 Å². The molecule has 0 amide bonds. The van der Waals surface area contributed by atoms with Crippen LogP contribution in [0.3, 0.4) is 0 Å². The van der Waals surface area contributed by atoms with Crippen LogP contribution in [-0.2, 0) is 0 Å². The van der Waals surface area contributed by atoms with Crippen molar-refractivity contribution in [1.82, 2.24) is 5.43 Å². The van der Waals surface area contributed by atoms with Gasteiger partial charge in [-0.05, 0) is 18.2 Å². The van der Waals surface area contributed by atoms with Crippen LogP contribution in [0.15, 0.2) is 47.4 Å². The van der Waals surface area contributed by atoms with Crippen molar-refractivity contribution in [2.24, 2.45) is 5.84 Å². The SMILES string of the molecule is COc1ccc(C(CSc2ccccc2F)NN)c(F)c1. The first-order valence-corrected chi connectivity index (χ1v) is 7.31. The van der Waals surface area contributed by atoms with E-state index < -0.39 is 11.9 Å². The predicted molar refractivity (Wildman–Crippen MR) is 80.1 cm³/mol. The van der Waals surface area contributed by atoms with Crippen LogP contribution in [0.5, 0.6) is 5.75 Å². The van der Waals surface area contributed by atoms with Gasteiger partial charge in [0.15, 0.2) is 0 Å². The van der Waals surface area contributed by atoms with Gasteiger partial charge < -0.3 is 4.74 Å². The molecular weight excluding hydrogens is 294 g/mol. The minimum Gasteiger partial charge on any atom is -0.497 e. The van der Waals surface area contributed by atoms with Gasteiger partial charge in [0.05, 0.1) is 13.2 Å². The second kappa shape index (κ2) is 7.40. The summed E-state index contributed by atoms with van der Waals surface area (Å²) in [5.74, 6) is 5.63. The first-order chi connectivity index (χ1) is 10.2. The fraction of sp³-hybridized carbons (Fsp3) is 0.200. The summed E-state index contributed by atoms with van der Waals surface area (Å²) in [6.07, 6.45) is 0. The molecule has 0 aromatic heterocycles. The fourth-order valence-corrected chi connectivity index (χ4v) is 2.88. The van der Waals surface area contributed by atoms with Crippen molar-refractivity contribution in [3.05, 3.63) is 59.7 Å². The van der Waals surface area contributed by atoms with Gasteiger partial charge in [-0.25, -0.2) is 8.78 Å². The van der Waals surface area contributed by atoms with E-state index in [1.807, 2.05) is 0 Å². The maximum absolute atomic E-state index is 14.0. The van der Waals surface area contributed by atoms with Crippen LogP contribution < -0.4 is 16.0 Å². The molecule has 6 heteroatoms. The van der Waals surface area contributed by atoms with Gasteiger partial charge in [-0.2, -0.15) is 0 Å². The minimum atomic E-state index is -0.430. The number of nitrogens with two attached hydrogens (primary N) is 1. The Morgan fingerprint density at radius 3 is 2.57 bits per heavy atom. The molecule has 2 aromatic carbocycles. The number of rotatable bonds is 6. The van der Waals surface area contributed by atoms with Gasteiger partial charge in [0.25, 0.3) is 0 Å². The van der Waals surface area contributed by atoms with Crippen molar-refractivity contribution in [1.29, 1.82) is 0 Å². The van der Waals surface area contributed by atoms with Crippen LogP contribution in [-0.4, -0.2) is 12.9 Å². The number of thioether (sulfide) groups is 1. The van der Waals surface area contributed by atoms with Crippen molar-refractivity contribution in [3.8, 4) is 5.75 Å². The Balaban J connectivity index is 2.11. The van der Waals surface area contributed by atoms with Crippen LogP contribution >= 0.6 is 11.8 Å². The summed E-state index contributed by atoms with van der Waals surface area (Å²) in [4.78, 5) is 0.506. The van der Waals surface area contributed by atoms with E-state index in [9.17, 15) is 8.78 Å². The predicted octanol–water partition coefficient (Wildman–Crippen LogP) is 3.27. The maximum atomic E-state index is 14.0. The molecular formula is C15H16F2N2OS. The van der Waals surface area contributed by atoms with E-state index in [2.05, 4.69) is 5.43 Å². The number of hydrogen-bond donors (Lipinski definition) is 2. The van der Waals surface area contributed by atoms with Gasteiger partial charge in [-0.15, -0.1) is 11.8 Å². The lowest BCUT2D eigenvalue weighted by atomic mass is 10.1. The molecule has 0 saturated heterocycles. The van der Waals surface area contributed by atoms with Crippen molar-refractivity contribution < 1.29 is 13.5 Å². The molecule has 0 spiro atoms. The Bertz CT molecular complexity index is 610. The summed E-state index contributed by atoms with van der Waals surface area (Å²) < 4.78 is 32.5. The molecule has 21 heavy (non-hydrogen) atoms. The number of hydrazine groups is 1. The number of nitrogens with one attached hydrogen (secondary N) is 1. The van der Waals surface area contributed by atoms with Crippen molar-refractivity contribution in [2.75, 3.05) is 12.9 Å². The number of hydrogen-bond acceptors (Lipinski definition) is 4. The molecule has 3 nitrogen and oxygen atoms in total. The van der Waals surface area contributed by atoms with Crippen LogP contribution in [0, 0.1) is 11.6 Å². The molecule has 0 aliphatic heterocycles. The fourth-order valence-electron chi connectivity index (χ4n) is 1.88. The van der Waals surface area contributed by atoms with Crippen LogP contribution in [0.25, 0.3) is 0 Å². The Kier molecular flexibility index (Phi) is 5.55. The van der Waals surface area contributed by atoms with E-state index in [-0.39, 0.29) is 5.82 Å². The standard InChI is InChI=1S/C15H16F2N2OS/c1-20-10-6-7-11(13(17)8-10)14(19-18)9-21-15-5-3-2-4-12(15)16/h2-8,14,19H,9,18H2,1H3. The third-order valence-electron chi connectivity index (χ3n) is 3.03. The van der Waals surface area contributed by atoms with Gasteiger partial charge in [0, 0.05) is 22.3 Å². The van der Waals surface area contributed by atoms with Gasteiger partial charge in [0.2, 0.25) is 0 Å². The zero-order chi connectivity index (χ0) is 15.2. The smallest absolute Gasteiger partial charge is 0.136 e. The molecule has 0 aliphatic rings. The highest BCUT2D eigenvalue weighted by Crippen LogP contribution is 2.28. The molecule has 0 aliphatic carbocycles. The number of methoxy groups -OCH3 is 1. The summed E-state index contributed by atoms with van der Waals surface area (Å²) in [6.45, 7) is 0. The molecule has 0 heterocycles. The second-order valence-corrected chi connectivity index (χ2v) is 5.41. The van der Waals surface area contributed by atoms with Crippen molar-refractivity contribution in [2.45, 2.75) is 10.9 Å². The van der Waals surface area contributed by atoms with Crippen LogP contribution in [0.2, 0.25) is 0 Å². The van der Waals surface area contributed by atoms with Crippen molar-refractivity contribution >= 4 is 11.8 Å². The van der Waals surface area contributed by atoms with E-state index in [1.165, 1.54) is 31.0 Å². The Morgan fingerprint density at radius 2 is 1.95 bits per heavy atom. The van der Waals surface area contributed by atoms with Gasteiger partial charge in [-0.1, -0.05) is 18.2 Å². The summed E-state index contributed by atoms with van der Waals surface area (Å²) in [7, 11) is 1.47. The van der Waals surface area contributed by atoms with Crippen molar-refractivity contribution in [3.63, 3.8) is 0 Å². The molecule has 112 valence electrons. The molecule has 0 bridgehead atoms. The molecule has 3 N–H and O–H groups in total. The first-order valence-electron chi connectivity index (χ1n) is 6.32. The lowest BCUT2D eigenvalue weighted by Crippen LogP contribution is -2.30. The van der Waals surface area contributed by atoms with Gasteiger partial charge in [0.1, 0.15) is 17.4 Å². The normalized spacial score (nSPS) is 12.2. The highest BCUT2D eigenvalue weighted by molar-refractivity contribution is 7.99. The summed E-state index contributed by atoms with van der Waals surface area (Å²) in [5, 5.41) is 0. The first kappa shape index (κ1) is 15.8. The van der Waals surface area contributed by atoms with E-state index in [4.69, 9.17) is 10.6 Å². The average molecular weight is 310 g/mol. The number of benzene rings is 2.